The molecular formula is C15H24N2O2S. The summed E-state index contributed by atoms with van der Waals surface area (Å²) in [6, 6.07) is 7.14. The van der Waals surface area contributed by atoms with Gasteiger partial charge in [0.1, 0.15) is 0 Å². The molecule has 0 aliphatic heterocycles. The van der Waals surface area contributed by atoms with E-state index in [2.05, 4.69) is 17.0 Å². The number of hydrogen-bond acceptors (Lipinski definition) is 3. The molecule has 1 fully saturated rings. The molecule has 0 spiro atoms. The summed E-state index contributed by atoms with van der Waals surface area (Å²) in [5, 5.41) is 3.20. The van der Waals surface area contributed by atoms with E-state index in [1.54, 1.807) is 18.2 Å². The Morgan fingerprint density at radius 2 is 2.05 bits per heavy atom. The van der Waals surface area contributed by atoms with Crippen molar-refractivity contribution >= 4 is 10.0 Å². The van der Waals surface area contributed by atoms with E-state index in [4.69, 9.17) is 0 Å². The second-order valence-corrected chi connectivity index (χ2v) is 7.68. The minimum atomic E-state index is -3.39. The standard InChI is InChI=1S/C15H24N2O2S/c1-3-16-11-13-6-4-7-14(10-13)20(18,19)17-12-15(2)8-5-9-15/h4,6-7,10,16-17H,3,5,8-9,11-12H2,1-2H3. The normalized spacial score (nSPS) is 17.7. The molecule has 0 aromatic heterocycles. The number of nitrogens with one attached hydrogen (secondary N) is 2. The van der Waals surface area contributed by atoms with Crippen molar-refractivity contribution in [1.29, 1.82) is 0 Å². The van der Waals surface area contributed by atoms with Crippen LogP contribution in [0.3, 0.4) is 0 Å². The molecule has 0 atom stereocenters. The van der Waals surface area contributed by atoms with Gasteiger partial charge in [-0.05, 0) is 42.5 Å². The molecule has 0 heterocycles. The minimum Gasteiger partial charge on any atom is -0.313 e. The minimum absolute atomic E-state index is 0.147. The van der Waals surface area contributed by atoms with Crippen LogP contribution < -0.4 is 10.0 Å². The van der Waals surface area contributed by atoms with Crippen LogP contribution in [0.1, 0.15) is 38.7 Å². The first-order chi connectivity index (χ1) is 9.45. The predicted octanol–water partition coefficient (Wildman–Crippen LogP) is 2.26. The molecule has 1 aromatic carbocycles. The summed E-state index contributed by atoms with van der Waals surface area (Å²) in [6.45, 7) is 6.26. The fourth-order valence-corrected chi connectivity index (χ4v) is 3.67. The lowest BCUT2D eigenvalue weighted by molar-refractivity contribution is 0.166. The third-order valence-corrected chi connectivity index (χ3v) is 5.44. The van der Waals surface area contributed by atoms with Crippen molar-refractivity contribution in [2.75, 3.05) is 13.1 Å². The van der Waals surface area contributed by atoms with E-state index >= 15 is 0 Å². The molecule has 0 bridgehead atoms. The second kappa shape index (κ2) is 6.24. The third kappa shape index (κ3) is 3.81. The Hall–Kier alpha value is -0.910. The van der Waals surface area contributed by atoms with Crippen LogP contribution >= 0.6 is 0 Å². The van der Waals surface area contributed by atoms with Crippen LogP contribution in [0.5, 0.6) is 0 Å². The predicted molar refractivity (Wildman–Crippen MR) is 81.0 cm³/mol. The van der Waals surface area contributed by atoms with E-state index < -0.39 is 10.0 Å². The van der Waals surface area contributed by atoms with E-state index in [0.29, 0.717) is 18.0 Å². The highest BCUT2D eigenvalue weighted by Gasteiger charge is 2.33. The van der Waals surface area contributed by atoms with E-state index in [1.807, 2.05) is 13.0 Å². The fourth-order valence-electron chi connectivity index (χ4n) is 2.40. The van der Waals surface area contributed by atoms with Gasteiger partial charge >= 0.3 is 0 Å². The molecule has 1 aliphatic carbocycles. The topological polar surface area (TPSA) is 58.2 Å². The third-order valence-electron chi connectivity index (χ3n) is 4.04. The molecule has 0 amide bonds. The summed E-state index contributed by atoms with van der Waals surface area (Å²) in [4.78, 5) is 0.357. The molecule has 5 heteroatoms. The Balaban J connectivity index is 2.04. The molecule has 2 rings (SSSR count). The van der Waals surface area contributed by atoms with Crippen LogP contribution in [0, 0.1) is 5.41 Å². The van der Waals surface area contributed by atoms with Gasteiger partial charge in [0.2, 0.25) is 10.0 Å². The Labute approximate surface area is 122 Å². The van der Waals surface area contributed by atoms with Gasteiger partial charge in [0, 0.05) is 13.1 Å². The molecule has 1 saturated carbocycles. The summed E-state index contributed by atoms with van der Waals surface area (Å²) in [6.07, 6.45) is 3.42. The van der Waals surface area contributed by atoms with Crippen molar-refractivity contribution in [2.45, 2.75) is 44.6 Å². The first kappa shape index (κ1) is 15.5. The van der Waals surface area contributed by atoms with E-state index in [9.17, 15) is 8.42 Å². The van der Waals surface area contributed by atoms with Gasteiger partial charge in [-0.2, -0.15) is 0 Å². The van der Waals surface area contributed by atoms with Crippen molar-refractivity contribution in [1.82, 2.24) is 10.0 Å². The number of benzene rings is 1. The summed E-state index contributed by atoms with van der Waals surface area (Å²) in [5.74, 6) is 0. The van der Waals surface area contributed by atoms with Crippen molar-refractivity contribution in [3.63, 3.8) is 0 Å². The van der Waals surface area contributed by atoms with Crippen molar-refractivity contribution in [3.8, 4) is 0 Å². The number of rotatable bonds is 7. The van der Waals surface area contributed by atoms with Crippen LogP contribution in [-0.4, -0.2) is 21.5 Å². The molecule has 20 heavy (non-hydrogen) atoms. The van der Waals surface area contributed by atoms with Crippen molar-refractivity contribution in [3.05, 3.63) is 29.8 Å². The van der Waals surface area contributed by atoms with Gasteiger partial charge in [0.25, 0.3) is 0 Å². The molecule has 112 valence electrons. The molecule has 0 radical (unpaired) electrons. The zero-order chi connectivity index (χ0) is 14.6. The van der Waals surface area contributed by atoms with E-state index in [1.165, 1.54) is 6.42 Å². The maximum Gasteiger partial charge on any atom is 0.240 e. The quantitative estimate of drug-likeness (QED) is 0.811. The van der Waals surface area contributed by atoms with E-state index in [0.717, 1.165) is 24.9 Å². The van der Waals surface area contributed by atoms with Crippen LogP contribution in [0.4, 0.5) is 0 Å². The maximum atomic E-state index is 12.3. The van der Waals surface area contributed by atoms with Gasteiger partial charge < -0.3 is 5.32 Å². The lowest BCUT2D eigenvalue weighted by atomic mass is 9.71. The molecule has 4 nitrogen and oxygen atoms in total. The summed E-state index contributed by atoms with van der Waals surface area (Å²) in [7, 11) is -3.39. The molecule has 1 aromatic rings. The first-order valence-corrected chi connectivity index (χ1v) is 8.73. The number of sulfonamides is 1. The zero-order valence-electron chi connectivity index (χ0n) is 12.3. The average Bonchev–Trinajstić information content (AvgIpc) is 2.41. The van der Waals surface area contributed by atoms with Gasteiger partial charge in [-0.25, -0.2) is 13.1 Å². The largest absolute Gasteiger partial charge is 0.313 e. The first-order valence-electron chi connectivity index (χ1n) is 7.24. The average molecular weight is 296 g/mol. The smallest absolute Gasteiger partial charge is 0.240 e. The van der Waals surface area contributed by atoms with Crippen LogP contribution in [-0.2, 0) is 16.6 Å². The Kier molecular flexibility index (Phi) is 4.83. The highest BCUT2D eigenvalue weighted by atomic mass is 32.2. The van der Waals surface area contributed by atoms with Gasteiger partial charge in [-0.15, -0.1) is 0 Å². The Bertz CT molecular complexity index is 551. The molecule has 1 aliphatic rings. The molecule has 0 unspecified atom stereocenters. The lowest BCUT2D eigenvalue weighted by Crippen LogP contribution is -2.39. The second-order valence-electron chi connectivity index (χ2n) is 5.92. The van der Waals surface area contributed by atoms with Gasteiger partial charge in [0.15, 0.2) is 0 Å². The Morgan fingerprint density at radius 1 is 1.30 bits per heavy atom. The summed E-state index contributed by atoms with van der Waals surface area (Å²) >= 11 is 0. The Morgan fingerprint density at radius 3 is 2.65 bits per heavy atom. The fraction of sp³-hybridized carbons (Fsp3) is 0.600. The van der Waals surface area contributed by atoms with E-state index in [-0.39, 0.29) is 5.41 Å². The van der Waals surface area contributed by atoms with Crippen molar-refractivity contribution < 1.29 is 8.42 Å². The van der Waals surface area contributed by atoms with Gasteiger partial charge in [0.05, 0.1) is 4.90 Å². The SMILES string of the molecule is CCNCc1cccc(S(=O)(=O)NCC2(C)CCC2)c1. The highest BCUT2D eigenvalue weighted by molar-refractivity contribution is 7.89. The van der Waals surface area contributed by atoms with Crippen LogP contribution in [0.2, 0.25) is 0 Å². The lowest BCUT2D eigenvalue weighted by Gasteiger charge is -2.38. The number of hydrogen-bond donors (Lipinski definition) is 2. The van der Waals surface area contributed by atoms with Crippen LogP contribution in [0.15, 0.2) is 29.2 Å². The summed E-state index contributed by atoms with van der Waals surface area (Å²) in [5.41, 5.74) is 1.14. The monoisotopic (exact) mass is 296 g/mol. The molecule has 2 N–H and O–H groups in total. The van der Waals surface area contributed by atoms with Gasteiger partial charge in [-0.1, -0.05) is 32.4 Å². The highest BCUT2D eigenvalue weighted by Crippen LogP contribution is 2.39. The van der Waals surface area contributed by atoms with Crippen molar-refractivity contribution in [2.24, 2.45) is 5.41 Å². The van der Waals surface area contributed by atoms with Gasteiger partial charge in [-0.3, -0.25) is 0 Å². The molecule has 0 saturated heterocycles. The van der Waals surface area contributed by atoms with Crippen LogP contribution in [0.25, 0.3) is 0 Å². The summed E-state index contributed by atoms with van der Waals surface area (Å²) < 4.78 is 27.4. The maximum absolute atomic E-state index is 12.3. The molecular weight excluding hydrogens is 272 g/mol. The zero-order valence-corrected chi connectivity index (χ0v) is 13.1.